The highest BCUT2D eigenvalue weighted by atomic mass is 127. The summed E-state index contributed by atoms with van der Waals surface area (Å²) in [5.41, 5.74) is 1.13. The van der Waals surface area contributed by atoms with Crippen molar-refractivity contribution in [1.82, 2.24) is 8.26 Å². The van der Waals surface area contributed by atoms with Crippen LogP contribution in [0.1, 0.15) is 10.4 Å². The van der Waals surface area contributed by atoms with E-state index in [0.29, 0.717) is 17.1 Å². The first-order chi connectivity index (χ1) is 11.6. The van der Waals surface area contributed by atoms with Crippen LogP contribution in [0.15, 0.2) is 54.4 Å². The zero-order valence-electron chi connectivity index (χ0n) is 12.3. The van der Waals surface area contributed by atoms with Crippen molar-refractivity contribution in [2.45, 2.75) is 6.42 Å². The van der Waals surface area contributed by atoms with Gasteiger partial charge in [-0.3, -0.25) is 10.1 Å². The Morgan fingerprint density at radius 3 is 3.17 bits per heavy atom. The van der Waals surface area contributed by atoms with Crippen molar-refractivity contribution in [3.8, 4) is 0 Å². The highest BCUT2D eigenvalue weighted by molar-refractivity contribution is 14.2. The van der Waals surface area contributed by atoms with Gasteiger partial charge in [-0.05, 0) is 48.8 Å². The molecule has 0 bridgehead atoms. The molecule has 1 aromatic carbocycles. The van der Waals surface area contributed by atoms with E-state index in [-0.39, 0.29) is 11.7 Å². The minimum Gasteiger partial charge on any atom is -0.750 e. The summed E-state index contributed by atoms with van der Waals surface area (Å²) in [6, 6.07) is 6.37. The third-order valence-electron chi connectivity index (χ3n) is 3.05. The first-order valence-corrected chi connectivity index (χ1v) is 9.95. The van der Waals surface area contributed by atoms with Crippen LogP contribution in [0.3, 0.4) is 0 Å². The van der Waals surface area contributed by atoms with Gasteiger partial charge in [0.1, 0.15) is 5.82 Å². The fourth-order valence-corrected chi connectivity index (χ4v) is 4.02. The number of aromatic nitrogens is 1. The number of hydrogen-bond donors (Lipinski definition) is 1. The Morgan fingerprint density at radius 2 is 2.33 bits per heavy atom. The molecule has 2 heterocycles. The molecular formula is C16H12FIN3O2S-. The third kappa shape index (κ3) is 4.56. The van der Waals surface area contributed by atoms with Gasteiger partial charge in [-0.15, -0.1) is 11.3 Å². The Labute approximate surface area is 152 Å². The highest BCUT2D eigenvalue weighted by Crippen LogP contribution is 2.22. The van der Waals surface area contributed by atoms with Crippen LogP contribution in [-0.2, 0) is 11.2 Å². The van der Waals surface area contributed by atoms with Crippen molar-refractivity contribution in [1.29, 1.82) is 0 Å². The minimum atomic E-state index is -0.751. The lowest BCUT2D eigenvalue weighted by molar-refractivity contribution is -0.112. The van der Waals surface area contributed by atoms with Gasteiger partial charge in [0.2, 0.25) is 0 Å². The predicted molar refractivity (Wildman–Crippen MR) is 102 cm³/mol. The van der Waals surface area contributed by atoms with Gasteiger partial charge < -0.3 is 8.48 Å². The number of halogens is 2. The normalized spacial score (nSPS) is 13.9. The molecule has 2 aromatic rings. The third-order valence-corrected chi connectivity index (χ3v) is 5.52. The SMILES string of the molecule is O=C(Nc1ncc(Cc2cccc(F)c2)s1)C1=CN([O-])I=CC=C1. The lowest BCUT2D eigenvalue weighted by atomic mass is 10.1. The molecule has 0 saturated carbocycles. The molecule has 124 valence electrons. The molecule has 1 aromatic heterocycles. The number of carbonyl (C=O) groups is 1. The molecule has 3 rings (SSSR count). The van der Waals surface area contributed by atoms with E-state index in [0.717, 1.165) is 13.7 Å². The van der Waals surface area contributed by atoms with Gasteiger partial charge in [0.15, 0.2) is 5.13 Å². The van der Waals surface area contributed by atoms with Gasteiger partial charge in [-0.2, -0.15) is 0 Å². The summed E-state index contributed by atoms with van der Waals surface area (Å²) in [4.78, 5) is 17.3. The van der Waals surface area contributed by atoms with E-state index >= 15 is 0 Å². The summed E-state index contributed by atoms with van der Waals surface area (Å²) in [6.07, 6.45) is 6.81. The zero-order valence-corrected chi connectivity index (χ0v) is 15.3. The molecule has 0 unspecified atom stereocenters. The van der Waals surface area contributed by atoms with E-state index < -0.39 is 21.0 Å². The molecule has 1 amide bonds. The van der Waals surface area contributed by atoms with Crippen LogP contribution < -0.4 is 5.32 Å². The van der Waals surface area contributed by atoms with Gasteiger partial charge in [-0.25, -0.2) is 9.37 Å². The number of hydrogen-bond acceptors (Lipinski definition) is 5. The lowest BCUT2D eigenvalue weighted by Crippen LogP contribution is -2.14. The predicted octanol–water partition coefficient (Wildman–Crippen LogP) is 3.75. The van der Waals surface area contributed by atoms with E-state index in [1.807, 2.05) is 6.07 Å². The first-order valence-electron chi connectivity index (χ1n) is 6.92. The first kappa shape index (κ1) is 16.9. The second-order valence-electron chi connectivity index (χ2n) is 4.83. The van der Waals surface area contributed by atoms with Gasteiger partial charge >= 0.3 is 0 Å². The maximum Gasteiger partial charge on any atom is 0.258 e. The summed E-state index contributed by atoms with van der Waals surface area (Å²) in [7, 11) is 0. The van der Waals surface area contributed by atoms with Gasteiger partial charge in [0, 0.05) is 23.7 Å². The van der Waals surface area contributed by atoms with E-state index in [4.69, 9.17) is 0 Å². The zero-order chi connectivity index (χ0) is 16.9. The van der Waals surface area contributed by atoms with Crippen LogP contribution in [0, 0.1) is 11.0 Å². The Morgan fingerprint density at radius 1 is 1.46 bits per heavy atom. The molecule has 0 fully saturated rings. The number of nitrogens with zero attached hydrogens (tertiary/aromatic N) is 2. The number of rotatable bonds is 4. The van der Waals surface area contributed by atoms with Crippen LogP contribution in [0.25, 0.3) is 0 Å². The largest absolute Gasteiger partial charge is 0.750 e. The number of carbonyl (C=O) groups excluding carboxylic acids is 1. The molecular weight excluding hydrogens is 444 g/mol. The average molecular weight is 456 g/mol. The number of amides is 1. The van der Waals surface area contributed by atoms with Crippen LogP contribution in [-0.4, -0.2) is 18.2 Å². The van der Waals surface area contributed by atoms with Crippen LogP contribution in [0.4, 0.5) is 9.52 Å². The van der Waals surface area contributed by atoms with Crippen molar-refractivity contribution >= 4 is 47.4 Å². The lowest BCUT2D eigenvalue weighted by Gasteiger charge is -2.19. The van der Waals surface area contributed by atoms with E-state index in [1.54, 1.807) is 28.4 Å². The monoisotopic (exact) mass is 456 g/mol. The number of anilines is 1. The van der Waals surface area contributed by atoms with Gasteiger partial charge in [0.25, 0.3) is 5.91 Å². The molecule has 1 aliphatic rings. The van der Waals surface area contributed by atoms with Crippen LogP contribution in [0.5, 0.6) is 0 Å². The number of benzene rings is 1. The van der Waals surface area contributed by atoms with Crippen molar-refractivity contribution in [2.75, 3.05) is 5.32 Å². The molecule has 0 radical (unpaired) electrons. The van der Waals surface area contributed by atoms with Gasteiger partial charge in [-0.1, -0.05) is 18.2 Å². The second kappa shape index (κ2) is 7.77. The standard InChI is InChI=1S/C16H12FIN3O2S/c17-13-5-1-3-11(7-13)8-14-9-19-16(24-14)20-15(22)12-4-2-6-18-21(23)10-12/h1-7,9-10H,8H2,(H,19,20,22)/q-1. The molecule has 0 aliphatic carbocycles. The topological polar surface area (TPSA) is 68.3 Å². The summed E-state index contributed by atoms with van der Waals surface area (Å²) >= 11 is 0.572. The Bertz CT molecular complexity index is 847. The molecule has 0 saturated heterocycles. The van der Waals surface area contributed by atoms with E-state index in [9.17, 15) is 14.4 Å². The summed E-state index contributed by atoms with van der Waals surface area (Å²) < 4.78 is 15.8. The Kier molecular flexibility index (Phi) is 5.48. The fraction of sp³-hybridized carbons (Fsp3) is 0.0625. The number of nitrogens with one attached hydrogen (secondary N) is 1. The number of thiazole rings is 1. The second-order valence-corrected chi connectivity index (χ2v) is 8.17. The number of allylic oxidation sites excluding steroid dienone is 1. The van der Waals surface area contributed by atoms with Crippen molar-refractivity contribution in [3.05, 3.63) is 75.9 Å². The molecule has 8 heteroatoms. The Hall–Kier alpha value is -1.91. The summed E-state index contributed by atoms with van der Waals surface area (Å²) in [5.74, 6) is -0.655. The molecule has 1 aliphatic heterocycles. The maximum absolute atomic E-state index is 13.2. The number of hydroxylamine groups is 1. The molecule has 5 nitrogen and oxygen atoms in total. The molecule has 0 atom stereocenters. The summed E-state index contributed by atoms with van der Waals surface area (Å²) in [6.45, 7) is 0. The van der Waals surface area contributed by atoms with Gasteiger partial charge in [0.05, 0.1) is 5.57 Å². The quantitative estimate of drug-likeness (QED) is 0.562. The summed E-state index contributed by atoms with van der Waals surface area (Å²) in [5, 5.41) is 14.6. The highest BCUT2D eigenvalue weighted by Gasteiger charge is 2.11. The van der Waals surface area contributed by atoms with E-state index in [1.165, 1.54) is 29.7 Å². The minimum absolute atomic E-state index is 0.278. The average Bonchev–Trinajstić information content (AvgIpc) is 2.84. The Balaban J connectivity index is 1.66. The van der Waals surface area contributed by atoms with Crippen LogP contribution in [0.2, 0.25) is 0 Å². The van der Waals surface area contributed by atoms with E-state index in [2.05, 4.69) is 10.3 Å². The van der Waals surface area contributed by atoms with Crippen molar-refractivity contribution in [2.24, 2.45) is 0 Å². The molecule has 0 spiro atoms. The molecule has 1 N–H and O–H groups in total. The van der Waals surface area contributed by atoms with Crippen molar-refractivity contribution in [3.63, 3.8) is 0 Å². The van der Waals surface area contributed by atoms with Crippen molar-refractivity contribution < 1.29 is 9.18 Å². The maximum atomic E-state index is 13.2. The fourth-order valence-electron chi connectivity index (χ4n) is 2.01. The molecule has 24 heavy (non-hydrogen) atoms. The smallest absolute Gasteiger partial charge is 0.258 e. The van der Waals surface area contributed by atoms with Crippen LogP contribution >= 0.6 is 32.3 Å².